The summed E-state index contributed by atoms with van der Waals surface area (Å²) in [6, 6.07) is 3.84. The van der Waals surface area contributed by atoms with Gasteiger partial charge < -0.3 is 5.73 Å². The third kappa shape index (κ3) is 2.18. The zero-order valence-corrected chi connectivity index (χ0v) is 10.9. The highest BCUT2D eigenvalue weighted by molar-refractivity contribution is 6.31. The van der Waals surface area contributed by atoms with Gasteiger partial charge in [0.25, 0.3) is 0 Å². The number of pyridine rings is 1. The molecule has 0 aliphatic heterocycles. The molecule has 0 aromatic carbocycles. The van der Waals surface area contributed by atoms with Crippen LogP contribution in [0.2, 0.25) is 5.02 Å². The molecule has 0 fully saturated rings. The number of rotatable bonds is 2. The molecule has 0 bridgehead atoms. The van der Waals surface area contributed by atoms with E-state index in [4.69, 9.17) is 17.3 Å². The van der Waals surface area contributed by atoms with Gasteiger partial charge in [-0.3, -0.25) is 0 Å². The van der Waals surface area contributed by atoms with Crippen LogP contribution in [0.3, 0.4) is 0 Å². The molecule has 0 saturated heterocycles. The molecule has 4 nitrogen and oxygen atoms in total. The second-order valence-corrected chi connectivity index (χ2v) is 4.51. The van der Waals surface area contributed by atoms with E-state index in [1.165, 1.54) is 0 Å². The van der Waals surface area contributed by atoms with Crippen LogP contribution in [-0.4, -0.2) is 14.8 Å². The Morgan fingerprint density at radius 3 is 2.47 bits per heavy atom. The molecular weight excluding hydrogens is 236 g/mol. The van der Waals surface area contributed by atoms with Crippen molar-refractivity contribution in [1.29, 1.82) is 0 Å². The van der Waals surface area contributed by atoms with Gasteiger partial charge in [0, 0.05) is 12.2 Å². The molecule has 0 unspecified atom stereocenters. The number of hydrogen-bond acceptors (Lipinski definition) is 3. The molecule has 0 aliphatic rings. The summed E-state index contributed by atoms with van der Waals surface area (Å²) in [5.74, 6) is 0.752. The Kier molecular flexibility index (Phi) is 3.17. The van der Waals surface area contributed by atoms with E-state index in [0.717, 1.165) is 22.8 Å². The molecule has 0 radical (unpaired) electrons. The van der Waals surface area contributed by atoms with Crippen molar-refractivity contribution in [3.8, 4) is 5.82 Å². The van der Waals surface area contributed by atoms with E-state index in [1.807, 2.05) is 32.9 Å². The molecule has 0 spiro atoms. The van der Waals surface area contributed by atoms with Crippen LogP contribution in [0.1, 0.15) is 29.9 Å². The smallest absolute Gasteiger partial charge is 0.153 e. The van der Waals surface area contributed by atoms with Crippen molar-refractivity contribution >= 4 is 11.6 Å². The predicted octanol–water partition coefficient (Wildman–Crippen LogP) is 2.56. The van der Waals surface area contributed by atoms with Crippen LogP contribution in [0.4, 0.5) is 0 Å². The highest BCUT2D eigenvalue weighted by Crippen LogP contribution is 2.21. The van der Waals surface area contributed by atoms with Gasteiger partial charge in [-0.25, -0.2) is 9.67 Å². The average Bonchev–Trinajstić information content (AvgIpc) is 2.57. The summed E-state index contributed by atoms with van der Waals surface area (Å²) in [5, 5.41) is 5.03. The minimum absolute atomic E-state index is 0.0133. The van der Waals surface area contributed by atoms with Gasteiger partial charge in [0.1, 0.15) is 0 Å². The summed E-state index contributed by atoms with van der Waals surface area (Å²) in [5.41, 5.74) is 8.48. The molecule has 2 heterocycles. The van der Waals surface area contributed by atoms with Crippen LogP contribution in [-0.2, 0) is 0 Å². The summed E-state index contributed by atoms with van der Waals surface area (Å²) in [6.07, 6.45) is 1.77. The van der Waals surface area contributed by atoms with Crippen molar-refractivity contribution in [2.45, 2.75) is 26.8 Å². The van der Waals surface area contributed by atoms with Crippen molar-refractivity contribution in [3.63, 3.8) is 0 Å². The van der Waals surface area contributed by atoms with E-state index in [0.29, 0.717) is 5.02 Å². The van der Waals surface area contributed by atoms with Crippen molar-refractivity contribution in [3.05, 3.63) is 40.3 Å². The predicted molar refractivity (Wildman–Crippen MR) is 68.4 cm³/mol. The molecule has 90 valence electrons. The van der Waals surface area contributed by atoms with Gasteiger partial charge >= 0.3 is 0 Å². The maximum absolute atomic E-state index is 6.10. The van der Waals surface area contributed by atoms with Crippen molar-refractivity contribution in [2.75, 3.05) is 0 Å². The first-order valence-electron chi connectivity index (χ1n) is 5.44. The first kappa shape index (κ1) is 12.1. The van der Waals surface area contributed by atoms with Crippen LogP contribution in [0.15, 0.2) is 18.3 Å². The Labute approximate surface area is 105 Å². The highest BCUT2D eigenvalue weighted by atomic mass is 35.5. The largest absolute Gasteiger partial charge is 0.324 e. The average molecular weight is 251 g/mol. The zero-order chi connectivity index (χ0) is 12.6. The van der Waals surface area contributed by atoms with E-state index in [2.05, 4.69) is 10.1 Å². The monoisotopic (exact) mass is 250 g/mol. The minimum atomic E-state index is -0.0133. The molecular formula is C12H15ClN4. The van der Waals surface area contributed by atoms with Gasteiger partial charge in [0.2, 0.25) is 0 Å². The summed E-state index contributed by atoms with van der Waals surface area (Å²) >= 11 is 6.10. The summed E-state index contributed by atoms with van der Waals surface area (Å²) in [4.78, 5) is 4.35. The van der Waals surface area contributed by atoms with Crippen LogP contribution in [0, 0.1) is 13.8 Å². The Bertz CT molecular complexity index is 528. The van der Waals surface area contributed by atoms with Crippen LogP contribution >= 0.6 is 11.6 Å². The van der Waals surface area contributed by atoms with Crippen LogP contribution in [0.5, 0.6) is 0 Å². The second kappa shape index (κ2) is 4.47. The topological polar surface area (TPSA) is 56.7 Å². The maximum Gasteiger partial charge on any atom is 0.153 e. The zero-order valence-electron chi connectivity index (χ0n) is 10.1. The first-order valence-corrected chi connectivity index (χ1v) is 5.82. The third-order valence-corrected chi connectivity index (χ3v) is 3.26. The van der Waals surface area contributed by atoms with Gasteiger partial charge in [0.15, 0.2) is 5.82 Å². The molecule has 2 aromatic rings. The molecule has 17 heavy (non-hydrogen) atoms. The highest BCUT2D eigenvalue weighted by Gasteiger charge is 2.11. The fraction of sp³-hybridized carbons (Fsp3) is 0.333. The normalized spacial score (nSPS) is 12.8. The standard InChI is InChI=1S/C12H15ClN4/c1-7(14)10-4-5-11(15-6-10)17-9(3)12(13)8(2)16-17/h4-7H,14H2,1-3H3/t7-/m0/s1. The molecule has 1 atom stereocenters. The van der Waals surface area contributed by atoms with E-state index >= 15 is 0 Å². The van der Waals surface area contributed by atoms with E-state index in [1.54, 1.807) is 10.9 Å². The minimum Gasteiger partial charge on any atom is -0.324 e. The number of aryl methyl sites for hydroxylation is 1. The molecule has 2 N–H and O–H groups in total. The fourth-order valence-electron chi connectivity index (χ4n) is 1.64. The molecule has 0 aliphatic carbocycles. The third-order valence-electron chi connectivity index (χ3n) is 2.72. The lowest BCUT2D eigenvalue weighted by atomic mass is 10.1. The van der Waals surface area contributed by atoms with Crippen LogP contribution in [0.25, 0.3) is 5.82 Å². The van der Waals surface area contributed by atoms with E-state index in [9.17, 15) is 0 Å². The molecule has 0 amide bonds. The van der Waals surface area contributed by atoms with E-state index < -0.39 is 0 Å². The Morgan fingerprint density at radius 2 is 2.06 bits per heavy atom. The lowest BCUT2D eigenvalue weighted by Gasteiger charge is -2.07. The Balaban J connectivity index is 2.43. The van der Waals surface area contributed by atoms with Gasteiger partial charge in [-0.15, -0.1) is 0 Å². The van der Waals surface area contributed by atoms with Crippen molar-refractivity contribution < 1.29 is 0 Å². The summed E-state index contributed by atoms with van der Waals surface area (Å²) in [7, 11) is 0. The Morgan fingerprint density at radius 1 is 1.35 bits per heavy atom. The molecule has 2 rings (SSSR count). The number of halogens is 1. The molecule has 5 heteroatoms. The molecule has 2 aromatic heterocycles. The first-order chi connectivity index (χ1) is 8.00. The number of nitrogens with two attached hydrogens (primary N) is 1. The van der Waals surface area contributed by atoms with Gasteiger partial charge in [0.05, 0.1) is 16.4 Å². The van der Waals surface area contributed by atoms with Crippen molar-refractivity contribution in [2.24, 2.45) is 5.73 Å². The quantitative estimate of drug-likeness (QED) is 0.891. The number of nitrogens with zero attached hydrogens (tertiary/aromatic N) is 3. The van der Waals surface area contributed by atoms with E-state index in [-0.39, 0.29) is 6.04 Å². The number of hydrogen-bond donors (Lipinski definition) is 1. The Hall–Kier alpha value is -1.39. The van der Waals surface area contributed by atoms with Crippen molar-refractivity contribution in [1.82, 2.24) is 14.8 Å². The van der Waals surface area contributed by atoms with Gasteiger partial charge in [-0.1, -0.05) is 17.7 Å². The second-order valence-electron chi connectivity index (χ2n) is 4.14. The summed E-state index contributed by atoms with van der Waals surface area (Å²) < 4.78 is 1.74. The SMILES string of the molecule is Cc1nn(-c2ccc([C@H](C)N)cn2)c(C)c1Cl. The summed E-state index contributed by atoms with van der Waals surface area (Å²) in [6.45, 7) is 5.72. The van der Waals surface area contributed by atoms with Gasteiger partial charge in [-0.2, -0.15) is 5.10 Å². The lowest BCUT2D eigenvalue weighted by molar-refractivity contribution is 0.783. The maximum atomic E-state index is 6.10. The lowest BCUT2D eigenvalue weighted by Crippen LogP contribution is -2.07. The number of aromatic nitrogens is 3. The van der Waals surface area contributed by atoms with Crippen LogP contribution < -0.4 is 5.73 Å². The van der Waals surface area contributed by atoms with Gasteiger partial charge in [-0.05, 0) is 32.4 Å². The fourth-order valence-corrected chi connectivity index (χ4v) is 1.76. The molecule has 0 saturated carbocycles.